The molecule has 2 aromatic rings. The maximum Gasteiger partial charge on any atom is 0.307 e. The van der Waals surface area contributed by atoms with Crippen LogP contribution in [0.15, 0.2) is 46.9 Å². The number of rotatable bonds is 8. The van der Waals surface area contributed by atoms with E-state index in [1.165, 1.54) is 6.07 Å². The molecule has 0 heterocycles. The topological polar surface area (TPSA) is 43.4 Å². The van der Waals surface area contributed by atoms with E-state index in [0.717, 1.165) is 11.6 Å². The summed E-state index contributed by atoms with van der Waals surface area (Å²) in [4.78, 5) is 23.2. The van der Waals surface area contributed by atoms with Gasteiger partial charge in [-0.2, -0.15) is 0 Å². The number of aldehydes is 1. The Hall–Kier alpha value is -2.15. The first-order valence-electron chi connectivity index (χ1n) is 7.76. The third kappa shape index (κ3) is 4.72. The Morgan fingerprint density at radius 3 is 2.50 bits per heavy atom. The van der Waals surface area contributed by atoms with Crippen molar-refractivity contribution in [3.63, 3.8) is 0 Å². The van der Waals surface area contributed by atoms with Crippen molar-refractivity contribution in [3.8, 4) is 0 Å². The van der Waals surface area contributed by atoms with Crippen LogP contribution in [0.3, 0.4) is 0 Å². The summed E-state index contributed by atoms with van der Waals surface area (Å²) >= 11 is 3.01. The number of carbonyl (C=O) groups is 2. The summed E-state index contributed by atoms with van der Waals surface area (Å²) in [5.74, 6) is -3.30. The molecule has 0 saturated carbocycles. The van der Waals surface area contributed by atoms with Crippen LogP contribution in [0.2, 0.25) is 0 Å². The van der Waals surface area contributed by atoms with E-state index in [0.29, 0.717) is 6.29 Å². The molecule has 0 N–H and O–H groups in total. The second kappa shape index (κ2) is 8.98. The second-order valence-corrected chi connectivity index (χ2v) is 6.77. The lowest BCUT2D eigenvalue weighted by Gasteiger charge is -2.29. The molecule has 0 aliphatic heterocycles. The lowest BCUT2D eigenvalue weighted by Crippen LogP contribution is -2.34. The van der Waals surface area contributed by atoms with E-state index >= 15 is 0 Å². The third-order valence-electron chi connectivity index (χ3n) is 4.02. The van der Waals surface area contributed by atoms with Crippen LogP contribution in [0.25, 0.3) is 0 Å². The summed E-state index contributed by atoms with van der Waals surface area (Å²) in [7, 11) is 0. The number of esters is 1. The molecule has 1 atom stereocenters. The largest absolute Gasteiger partial charge is 0.461 e. The predicted molar refractivity (Wildman–Crippen MR) is 93.2 cm³/mol. The Morgan fingerprint density at radius 2 is 1.88 bits per heavy atom. The summed E-state index contributed by atoms with van der Waals surface area (Å²) in [5.41, 5.74) is -1.48. The van der Waals surface area contributed by atoms with Gasteiger partial charge in [0.25, 0.3) is 0 Å². The van der Waals surface area contributed by atoms with Crippen LogP contribution < -0.4 is 0 Å². The van der Waals surface area contributed by atoms with Crippen molar-refractivity contribution in [2.75, 3.05) is 6.67 Å². The third-order valence-corrected chi connectivity index (χ3v) is 4.48. The van der Waals surface area contributed by atoms with Crippen molar-refractivity contribution >= 4 is 28.2 Å². The maximum atomic E-state index is 14.3. The minimum atomic E-state index is -1.83. The molecule has 3 nitrogen and oxygen atoms in total. The van der Waals surface area contributed by atoms with Gasteiger partial charge in [-0.05, 0) is 17.7 Å². The Bertz CT molecular complexity index is 783. The van der Waals surface area contributed by atoms with E-state index in [1.807, 2.05) is 0 Å². The molecular weight excluding hydrogens is 413 g/mol. The number of benzene rings is 2. The number of alkyl halides is 1. The molecule has 26 heavy (non-hydrogen) atoms. The predicted octanol–water partition coefficient (Wildman–Crippen LogP) is 4.66. The first-order chi connectivity index (χ1) is 12.4. The van der Waals surface area contributed by atoms with Crippen molar-refractivity contribution in [2.45, 2.75) is 24.9 Å². The van der Waals surface area contributed by atoms with E-state index < -0.39 is 42.5 Å². The summed E-state index contributed by atoms with van der Waals surface area (Å²) in [5, 5.41) is 0. The average Bonchev–Trinajstić information content (AvgIpc) is 2.63. The molecule has 0 saturated heterocycles. The van der Waals surface area contributed by atoms with E-state index in [-0.39, 0.29) is 16.6 Å². The van der Waals surface area contributed by atoms with Gasteiger partial charge >= 0.3 is 5.97 Å². The highest BCUT2D eigenvalue weighted by Gasteiger charge is 2.39. The number of ether oxygens (including phenoxy) is 1. The van der Waals surface area contributed by atoms with Crippen LogP contribution >= 0.6 is 15.9 Å². The van der Waals surface area contributed by atoms with Crippen molar-refractivity contribution < 1.29 is 27.5 Å². The fourth-order valence-corrected chi connectivity index (χ4v) is 3.05. The van der Waals surface area contributed by atoms with Gasteiger partial charge in [0.2, 0.25) is 0 Å². The fraction of sp³-hybridized carbons (Fsp3) is 0.263. The van der Waals surface area contributed by atoms with E-state index in [2.05, 4.69) is 15.9 Å². The molecule has 0 radical (unpaired) electrons. The van der Waals surface area contributed by atoms with Crippen LogP contribution in [0.1, 0.15) is 24.0 Å². The van der Waals surface area contributed by atoms with Crippen molar-refractivity contribution in [1.29, 1.82) is 0 Å². The lowest BCUT2D eigenvalue weighted by atomic mass is 9.76. The zero-order chi connectivity index (χ0) is 19.2. The molecule has 138 valence electrons. The zero-order valence-corrected chi connectivity index (χ0v) is 15.3. The highest BCUT2D eigenvalue weighted by Crippen LogP contribution is 2.36. The molecule has 0 amide bonds. The smallest absolute Gasteiger partial charge is 0.307 e. The highest BCUT2D eigenvalue weighted by molar-refractivity contribution is 9.10. The van der Waals surface area contributed by atoms with Gasteiger partial charge in [0.1, 0.15) is 19.6 Å². The average molecular weight is 429 g/mol. The van der Waals surface area contributed by atoms with Gasteiger partial charge in [-0.3, -0.25) is 9.18 Å². The van der Waals surface area contributed by atoms with Gasteiger partial charge in [-0.15, -0.1) is 0 Å². The van der Waals surface area contributed by atoms with Gasteiger partial charge in [-0.1, -0.05) is 46.3 Å². The normalized spacial score (nSPS) is 13.1. The Morgan fingerprint density at radius 1 is 1.19 bits per heavy atom. The maximum absolute atomic E-state index is 14.3. The molecule has 0 unspecified atom stereocenters. The van der Waals surface area contributed by atoms with Crippen molar-refractivity contribution in [3.05, 3.63) is 69.7 Å². The van der Waals surface area contributed by atoms with Gasteiger partial charge in [0.05, 0.1) is 6.42 Å². The molecule has 7 heteroatoms. The first kappa shape index (κ1) is 20.2. The summed E-state index contributed by atoms with van der Waals surface area (Å²) in [6.45, 7) is -1.27. The van der Waals surface area contributed by atoms with Gasteiger partial charge in [0.15, 0.2) is 11.6 Å². The summed E-state index contributed by atoms with van der Waals surface area (Å²) < 4.78 is 47.1. The van der Waals surface area contributed by atoms with Gasteiger partial charge < -0.3 is 9.53 Å². The Labute approximate surface area is 157 Å². The summed E-state index contributed by atoms with van der Waals surface area (Å²) in [6.07, 6.45) is -0.707. The lowest BCUT2D eigenvalue weighted by molar-refractivity contribution is -0.146. The second-order valence-electron chi connectivity index (χ2n) is 5.86. The standard InChI is InChI=1S/C19H16BrF3O3/c20-14-8-15(18(23)16(22)9-14)19(12-21,6-7-24)10-17(25)26-11-13-4-2-1-3-5-13/h1-5,7-9H,6,10-12H2/t19-/m1/s1. The van der Waals surface area contributed by atoms with Crippen LogP contribution in [0.4, 0.5) is 13.2 Å². The first-order valence-corrected chi connectivity index (χ1v) is 8.55. The molecule has 2 rings (SSSR count). The quantitative estimate of drug-likeness (QED) is 0.349. The molecule has 0 aromatic heterocycles. The highest BCUT2D eigenvalue weighted by atomic mass is 79.9. The number of halogens is 4. The van der Waals surface area contributed by atoms with Crippen LogP contribution in [-0.2, 0) is 26.3 Å². The van der Waals surface area contributed by atoms with Gasteiger partial charge in [-0.25, -0.2) is 8.78 Å². The monoisotopic (exact) mass is 428 g/mol. The van der Waals surface area contributed by atoms with E-state index in [9.17, 15) is 22.8 Å². The molecule has 0 aliphatic rings. The summed E-state index contributed by atoms with van der Waals surface area (Å²) in [6, 6.07) is 10.9. The minimum Gasteiger partial charge on any atom is -0.461 e. The van der Waals surface area contributed by atoms with Crippen molar-refractivity contribution in [1.82, 2.24) is 0 Å². The number of hydrogen-bond donors (Lipinski definition) is 0. The fourth-order valence-electron chi connectivity index (χ4n) is 2.62. The van der Waals surface area contributed by atoms with E-state index in [4.69, 9.17) is 4.74 Å². The molecule has 0 aliphatic carbocycles. The van der Waals surface area contributed by atoms with Crippen LogP contribution in [-0.4, -0.2) is 18.9 Å². The van der Waals surface area contributed by atoms with Crippen LogP contribution in [0.5, 0.6) is 0 Å². The zero-order valence-electron chi connectivity index (χ0n) is 13.7. The molecule has 0 bridgehead atoms. The number of carbonyl (C=O) groups excluding carboxylic acids is 2. The van der Waals surface area contributed by atoms with E-state index in [1.54, 1.807) is 30.3 Å². The molecule has 0 fully saturated rings. The Kier molecular flexibility index (Phi) is 6.97. The van der Waals surface area contributed by atoms with Crippen molar-refractivity contribution in [2.24, 2.45) is 0 Å². The van der Waals surface area contributed by atoms with Gasteiger partial charge in [0, 0.05) is 21.9 Å². The molecular formula is C19H16BrF3O3. The SMILES string of the molecule is O=CC[C@](CF)(CC(=O)OCc1ccccc1)c1cc(Br)cc(F)c1F. The molecule has 2 aromatic carbocycles. The number of hydrogen-bond acceptors (Lipinski definition) is 3. The minimum absolute atomic E-state index is 0.0432. The molecule has 0 spiro atoms. The van der Waals surface area contributed by atoms with Crippen LogP contribution in [0, 0.1) is 11.6 Å². The Balaban J connectivity index is 2.26.